The second-order valence-electron chi connectivity index (χ2n) is 4.41. The molecule has 1 aromatic carbocycles. The molecule has 0 unspecified atom stereocenters. The molecule has 0 amide bonds. The minimum atomic E-state index is -4.76. The molecule has 0 N–H and O–H groups in total. The monoisotopic (exact) mass is 381 g/mol. The van der Waals surface area contributed by atoms with Gasteiger partial charge in [0.05, 0.1) is 0 Å². The Morgan fingerprint density at radius 3 is 2.09 bits per heavy atom. The Hall–Kier alpha value is -1.37. The van der Waals surface area contributed by atoms with Gasteiger partial charge < -0.3 is 0 Å². The number of allylic oxidation sites excluding steroid dienone is 1. The zero-order valence-electron chi connectivity index (χ0n) is 11.4. The van der Waals surface area contributed by atoms with Gasteiger partial charge in [-0.15, -0.1) is 0 Å². The summed E-state index contributed by atoms with van der Waals surface area (Å²) in [5.74, 6) is -2.09. The average Bonchev–Trinajstić information content (AvgIpc) is 2.46. The molecule has 2 rings (SSSR count). The average molecular weight is 383 g/mol. The quantitative estimate of drug-likeness (QED) is 0.703. The van der Waals surface area contributed by atoms with Gasteiger partial charge in [0.1, 0.15) is 5.82 Å². The third-order valence-corrected chi connectivity index (χ3v) is 3.11. The van der Waals surface area contributed by atoms with Crippen LogP contribution in [0.1, 0.15) is 23.0 Å². The summed E-state index contributed by atoms with van der Waals surface area (Å²) in [6.45, 7) is 0. The van der Waals surface area contributed by atoms with Gasteiger partial charge in [0.2, 0.25) is 9.62 Å². The molecule has 0 fully saturated rings. The Bertz CT molecular complexity index is 666. The van der Waals surface area contributed by atoms with Crippen LogP contribution in [-0.2, 0) is 16.4 Å². The van der Waals surface area contributed by atoms with E-state index in [1.807, 2.05) is 30.3 Å². The number of halogens is 6. The van der Waals surface area contributed by atoms with Gasteiger partial charge in [0.15, 0.2) is 5.82 Å². The summed E-state index contributed by atoms with van der Waals surface area (Å²) in [5.41, 5.74) is 0.888. The highest BCUT2D eigenvalue weighted by molar-refractivity contribution is 6.66. The predicted octanol–water partition coefficient (Wildman–Crippen LogP) is 4.97. The van der Waals surface area contributed by atoms with E-state index < -0.39 is 21.6 Å². The first-order valence-electron chi connectivity index (χ1n) is 6.27. The molecule has 9 heteroatoms. The Kier molecular flexibility index (Phi) is 5.49. The molecule has 1 aromatic heterocycles. The molecule has 0 spiro atoms. The van der Waals surface area contributed by atoms with Crippen molar-refractivity contribution in [3.05, 3.63) is 59.4 Å². The van der Waals surface area contributed by atoms with Crippen molar-refractivity contribution in [1.82, 2.24) is 15.0 Å². The summed E-state index contributed by atoms with van der Waals surface area (Å²) >= 11 is 16.7. The number of rotatable bonds is 3. The van der Waals surface area contributed by atoms with E-state index in [2.05, 4.69) is 15.0 Å². The first-order valence-corrected chi connectivity index (χ1v) is 7.40. The standard InChI is InChI=1S/C14H9Cl3F3N3/c15-13(16,17)11-21-10(22-12(23-11)14(18,19)20)8-4-7-9-5-2-1-3-6-9/h1-7H,8H2/b7-4+. The summed E-state index contributed by atoms with van der Waals surface area (Å²) in [6, 6.07) is 9.22. The van der Waals surface area contributed by atoms with Crippen LogP contribution in [0.4, 0.5) is 13.2 Å². The van der Waals surface area contributed by atoms with Crippen LogP contribution in [0.2, 0.25) is 0 Å². The summed E-state index contributed by atoms with van der Waals surface area (Å²) < 4.78 is 36.3. The van der Waals surface area contributed by atoms with Gasteiger partial charge in [-0.3, -0.25) is 0 Å². The van der Waals surface area contributed by atoms with Crippen LogP contribution in [0.5, 0.6) is 0 Å². The Balaban J connectivity index is 2.29. The van der Waals surface area contributed by atoms with E-state index in [0.29, 0.717) is 0 Å². The van der Waals surface area contributed by atoms with Crippen LogP contribution in [0.3, 0.4) is 0 Å². The van der Waals surface area contributed by atoms with Gasteiger partial charge in [-0.1, -0.05) is 77.3 Å². The number of aromatic nitrogens is 3. The Morgan fingerprint density at radius 2 is 1.52 bits per heavy atom. The molecule has 1 heterocycles. The van der Waals surface area contributed by atoms with Crippen molar-refractivity contribution in [1.29, 1.82) is 0 Å². The summed E-state index contributed by atoms with van der Waals surface area (Å²) in [7, 11) is 0. The molecule has 3 nitrogen and oxygen atoms in total. The lowest BCUT2D eigenvalue weighted by molar-refractivity contribution is -0.145. The summed E-state index contributed by atoms with van der Waals surface area (Å²) in [6.07, 6.45) is -1.38. The van der Waals surface area contributed by atoms with E-state index in [0.717, 1.165) is 5.56 Å². The van der Waals surface area contributed by atoms with E-state index in [4.69, 9.17) is 34.8 Å². The third kappa shape index (κ3) is 5.34. The molecule has 0 aliphatic carbocycles. The number of hydrogen-bond donors (Lipinski definition) is 0. The number of alkyl halides is 6. The Morgan fingerprint density at radius 1 is 0.913 bits per heavy atom. The van der Waals surface area contributed by atoms with Gasteiger partial charge in [0.25, 0.3) is 0 Å². The number of nitrogens with zero attached hydrogens (tertiary/aromatic N) is 3. The smallest absolute Gasteiger partial charge is 0.213 e. The van der Waals surface area contributed by atoms with E-state index >= 15 is 0 Å². The molecule has 23 heavy (non-hydrogen) atoms. The lowest BCUT2D eigenvalue weighted by Gasteiger charge is -2.13. The molecule has 0 bridgehead atoms. The van der Waals surface area contributed by atoms with Crippen molar-refractivity contribution < 1.29 is 13.2 Å². The Labute approximate surface area is 145 Å². The maximum atomic E-state index is 12.8. The first kappa shape index (κ1) is 18.0. The molecule has 0 saturated heterocycles. The second kappa shape index (κ2) is 7.03. The minimum absolute atomic E-state index is 0.0360. The fraction of sp³-hybridized carbons (Fsp3) is 0.214. The topological polar surface area (TPSA) is 38.7 Å². The minimum Gasteiger partial charge on any atom is -0.213 e. The predicted molar refractivity (Wildman–Crippen MR) is 83.2 cm³/mol. The normalized spacial score (nSPS) is 12.8. The molecule has 0 saturated carbocycles. The summed E-state index contributed by atoms with van der Waals surface area (Å²) in [5, 5.41) is 0. The highest BCUT2D eigenvalue weighted by Gasteiger charge is 2.38. The van der Waals surface area contributed by atoms with Crippen LogP contribution < -0.4 is 0 Å². The van der Waals surface area contributed by atoms with E-state index in [1.54, 1.807) is 12.2 Å². The van der Waals surface area contributed by atoms with E-state index in [9.17, 15) is 13.2 Å². The SMILES string of the molecule is FC(F)(F)c1nc(C/C=C/c2ccccc2)nc(C(Cl)(Cl)Cl)n1. The molecule has 2 aromatic rings. The van der Waals surface area contributed by atoms with Gasteiger partial charge in [-0.2, -0.15) is 13.2 Å². The molecule has 122 valence electrons. The van der Waals surface area contributed by atoms with E-state index in [1.165, 1.54) is 0 Å². The van der Waals surface area contributed by atoms with Crippen molar-refractivity contribution in [2.75, 3.05) is 0 Å². The molecular weight excluding hydrogens is 374 g/mol. The number of benzene rings is 1. The zero-order chi connectivity index (χ0) is 17.1. The lowest BCUT2D eigenvalue weighted by Crippen LogP contribution is -2.19. The summed E-state index contributed by atoms with van der Waals surface area (Å²) in [4.78, 5) is 10.3. The van der Waals surface area contributed by atoms with Crippen molar-refractivity contribution in [3.63, 3.8) is 0 Å². The lowest BCUT2D eigenvalue weighted by atomic mass is 10.2. The van der Waals surface area contributed by atoms with Crippen molar-refractivity contribution in [3.8, 4) is 0 Å². The first-order chi connectivity index (χ1) is 10.7. The van der Waals surface area contributed by atoms with Crippen LogP contribution in [0.25, 0.3) is 6.08 Å². The van der Waals surface area contributed by atoms with Crippen LogP contribution >= 0.6 is 34.8 Å². The third-order valence-electron chi connectivity index (χ3n) is 2.60. The second-order valence-corrected chi connectivity index (χ2v) is 6.69. The molecule has 0 aliphatic heterocycles. The van der Waals surface area contributed by atoms with Crippen LogP contribution in [-0.4, -0.2) is 15.0 Å². The number of hydrogen-bond acceptors (Lipinski definition) is 3. The maximum absolute atomic E-state index is 12.8. The highest BCUT2D eigenvalue weighted by Crippen LogP contribution is 2.37. The van der Waals surface area contributed by atoms with Gasteiger partial charge in [-0.05, 0) is 5.56 Å². The zero-order valence-corrected chi connectivity index (χ0v) is 13.6. The molecule has 0 aliphatic rings. The van der Waals surface area contributed by atoms with E-state index in [-0.39, 0.29) is 12.2 Å². The van der Waals surface area contributed by atoms with Crippen LogP contribution in [0.15, 0.2) is 36.4 Å². The molecule has 0 atom stereocenters. The maximum Gasteiger partial charge on any atom is 0.451 e. The highest BCUT2D eigenvalue weighted by atomic mass is 35.6. The fourth-order valence-electron chi connectivity index (χ4n) is 1.63. The van der Waals surface area contributed by atoms with Gasteiger partial charge in [0, 0.05) is 6.42 Å². The van der Waals surface area contributed by atoms with Crippen LogP contribution in [0, 0.1) is 0 Å². The molecule has 0 radical (unpaired) electrons. The largest absolute Gasteiger partial charge is 0.451 e. The fourth-order valence-corrected chi connectivity index (χ4v) is 1.88. The van der Waals surface area contributed by atoms with Crippen molar-refractivity contribution in [2.45, 2.75) is 16.4 Å². The van der Waals surface area contributed by atoms with Gasteiger partial charge >= 0.3 is 6.18 Å². The molecular formula is C14H9Cl3F3N3. The van der Waals surface area contributed by atoms with Crippen molar-refractivity contribution >= 4 is 40.9 Å². The van der Waals surface area contributed by atoms with Gasteiger partial charge in [-0.25, -0.2) is 15.0 Å². The van der Waals surface area contributed by atoms with Crippen molar-refractivity contribution in [2.24, 2.45) is 0 Å².